The largest absolute Gasteiger partial charge is 0.352 e. The van der Waals surface area contributed by atoms with E-state index in [1.54, 1.807) is 30.1 Å². The number of anilines is 1. The van der Waals surface area contributed by atoms with Gasteiger partial charge in [-0.25, -0.2) is 4.98 Å². The highest BCUT2D eigenvalue weighted by Crippen LogP contribution is 2.18. The lowest BCUT2D eigenvalue weighted by molar-refractivity contribution is 0.569. The molecule has 3 N–H and O–H groups in total. The summed E-state index contributed by atoms with van der Waals surface area (Å²) >= 11 is 0. The van der Waals surface area contributed by atoms with Crippen molar-refractivity contribution in [2.24, 2.45) is 12.8 Å². The van der Waals surface area contributed by atoms with Gasteiger partial charge < -0.3 is 11.1 Å². The van der Waals surface area contributed by atoms with Gasteiger partial charge in [0.25, 0.3) is 5.56 Å². The zero-order valence-electron chi connectivity index (χ0n) is 16.9. The van der Waals surface area contributed by atoms with Gasteiger partial charge in [0.15, 0.2) is 0 Å². The molecule has 2 aromatic heterocycles. The molecule has 3 aromatic rings. The van der Waals surface area contributed by atoms with Gasteiger partial charge in [-0.1, -0.05) is 43.2 Å². The number of hydrogen-bond donors (Lipinski definition) is 2. The first-order chi connectivity index (χ1) is 14.2. The van der Waals surface area contributed by atoms with Crippen molar-refractivity contribution in [1.82, 2.24) is 14.5 Å². The molecule has 0 fully saturated rings. The van der Waals surface area contributed by atoms with Crippen LogP contribution >= 0.6 is 0 Å². The van der Waals surface area contributed by atoms with E-state index in [0.29, 0.717) is 11.6 Å². The van der Waals surface area contributed by atoms with Crippen LogP contribution in [0.2, 0.25) is 0 Å². The van der Waals surface area contributed by atoms with Gasteiger partial charge in [-0.2, -0.15) is 0 Å². The van der Waals surface area contributed by atoms with E-state index < -0.39 is 0 Å². The van der Waals surface area contributed by atoms with Crippen LogP contribution in [-0.2, 0) is 13.5 Å². The minimum atomic E-state index is -0.0871. The van der Waals surface area contributed by atoms with Gasteiger partial charge in [0, 0.05) is 37.1 Å². The summed E-state index contributed by atoms with van der Waals surface area (Å²) in [6.45, 7) is 0.723. The zero-order chi connectivity index (χ0) is 20.5. The smallest absolute Gasteiger partial charge is 0.255 e. The van der Waals surface area contributed by atoms with Crippen molar-refractivity contribution >= 4 is 5.95 Å². The van der Waals surface area contributed by atoms with E-state index in [1.165, 1.54) is 5.56 Å². The van der Waals surface area contributed by atoms with Gasteiger partial charge in [0.05, 0.1) is 5.69 Å². The van der Waals surface area contributed by atoms with E-state index in [0.717, 1.165) is 44.2 Å². The molecule has 0 spiro atoms. The van der Waals surface area contributed by atoms with Crippen LogP contribution in [0.4, 0.5) is 5.95 Å². The van der Waals surface area contributed by atoms with E-state index in [2.05, 4.69) is 34.6 Å². The predicted molar refractivity (Wildman–Crippen MR) is 118 cm³/mol. The molecule has 0 aliphatic rings. The zero-order valence-corrected chi connectivity index (χ0v) is 16.9. The number of rotatable bonds is 10. The summed E-state index contributed by atoms with van der Waals surface area (Å²) in [5, 5.41) is 3.53. The first kappa shape index (κ1) is 20.7. The number of unbranched alkanes of at least 4 members (excludes halogenated alkanes) is 2. The normalized spacial score (nSPS) is 11.9. The van der Waals surface area contributed by atoms with Gasteiger partial charge in [-0.05, 0) is 43.5 Å². The highest BCUT2D eigenvalue weighted by Gasteiger charge is 2.14. The topological polar surface area (TPSA) is 85.8 Å². The fraction of sp³-hybridized carbons (Fsp3) is 0.348. The Labute approximate surface area is 171 Å². The third kappa shape index (κ3) is 5.99. The van der Waals surface area contributed by atoms with Crippen LogP contribution in [-0.4, -0.2) is 27.1 Å². The average Bonchev–Trinajstić information content (AvgIpc) is 2.75. The van der Waals surface area contributed by atoms with Gasteiger partial charge in [-0.3, -0.25) is 14.3 Å². The van der Waals surface area contributed by atoms with Crippen molar-refractivity contribution < 1.29 is 0 Å². The fourth-order valence-electron chi connectivity index (χ4n) is 3.36. The molecule has 6 heteroatoms. The second kappa shape index (κ2) is 10.5. The van der Waals surface area contributed by atoms with Gasteiger partial charge >= 0.3 is 0 Å². The molecule has 6 nitrogen and oxygen atoms in total. The molecule has 0 saturated heterocycles. The lowest BCUT2D eigenvalue weighted by Crippen LogP contribution is -2.29. The Balaban J connectivity index is 1.83. The van der Waals surface area contributed by atoms with Crippen molar-refractivity contribution in [1.29, 1.82) is 0 Å². The second-order valence-electron chi connectivity index (χ2n) is 7.27. The molecule has 0 aliphatic carbocycles. The van der Waals surface area contributed by atoms with Crippen LogP contribution in [0, 0.1) is 0 Å². The molecular weight excluding hydrogens is 362 g/mol. The predicted octanol–water partition coefficient (Wildman–Crippen LogP) is 3.38. The summed E-state index contributed by atoms with van der Waals surface area (Å²) in [6, 6.07) is 15.9. The fourth-order valence-corrected chi connectivity index (χ4v) is 3.36. The Morgan fingerprint density at radius 2 is 1.83 bits per heavy atom. The van der Waals surface area contributed by atoms with E-state index in [-0.39, 0.29) is 11.6 Å². The van der Waals surface area contributed by atoms with E-state index in [1.807, 2.05) is 18.2 Å². The standard InChI is InChI=1S/C23H29N5O/c1-28-22(29)17-21(19-11-14-25-15-12-19)27-23(28)26-20(10-6-3-7-13-24)16-18-8-4-2-5-9-18/h2,4-5,8-9,11-12,14-15,17,20H,3,6-7,10,13,16,24H2,1H3,(H,26,27). The molecule has 0 radical (unpaired) electrons. The molecule has 29 heavy (non-hydrogen) atoms. The SMILES string of the molecule is Cn1c(NC(CCCCCN)Cc2ccccc2)nc(-c2ccncc2)cc1=O. The van der Waals surface area contributed by atoms with Crippen LogP contribution < -0.4 is 16.6 Å². The quantitative estimate of drug-likeness (QED) is 0.518. The molecule has 0 bridgehead atoms. The van der Waals surface area contributed by atoms with Crippen molar-refractivity contribution in [3.8, 4) is 11.3 Å². The lowest BCUT2D eigenvalue weighted by Gasteiger charge is -2.21. The van der Waals surface area contributed by atoms with E-state index >= 15 is 0 Å². The second-order valence-corrected chi connectivity index (χ2v) is 7.27. The highest BCUT2D eigenvalue weighted by atomic mass is 16.1. The number of hydrogen-bond acceptors (Lipinski definition) is 5. The molecule has 1 atom stereocenters. The molecule has 0 amide bonds. The van der Waals surface area contributed by atoms with Gasteiger partial charge in [0.1, 0.15) is 0 Å². The summed E-state index contributed by atoms with van der Waals surface area (Å²) in [4.78, 5) is 21.3. The first-order valence-electron chi connectivity index (χ1n) is 10.2. The number of pyridine rings is 1. The summed E-state index contributed by atoms with van der Waals surface area (Å²) in [5.74, 6) is 0.587. The monoisotopic (exact) mass is 391 g/mol. The number of benzene rings is 1. The Bertz CT molecular complexity index is 940. The van der Waals surface area contributed by atoms with Crippen LogP contribution in [0.15, 0.2) is 65.7 Å². The van der Waals surface area contributed by atoms with E-state index in [4.69, 9.17) is 10.7 Å². The Hall–Kier alpha value is -2.99. The van der Waals surface area contributed by atoms with Crippen LogP contribution in [0.1, 0.15) is 31.2 Å². The maximum absolute atomic E-state index is 12.5. The third-order valence-electron chi connectivity index (χ3n) is 5.03. The van der Waals surface area contributed by atoms with Crippen molar-refractivity contribution in [2.45, 2.75) is 38.1 Å². The van der Waals surface area contributed by atoms with Crippen LogP contribution in [0.25, 0.3) is 11.3 Å². The third-order valence-corrected chi connectivity index (χ3v) is 5.03. The van der Waals surface area contributed by atoms with Gasteiger partial charge in [0.2, 0.25) is 5.95 Å². The average molecular weight is 392 g/mol. The summed E-state index contributed by atoms with van der Waals surface area (Å²) in [6.07, 6.45) is 8.50. The Kier molecular flexibility index (Phi) is 7.53. The minimum Gasteiger partial charge on any atom is -0.352 e. The Morgan fingerprint density at radius 3 is 2.55 bits per heavy atom. The minimum absolute atomic E-state index is 0.0871. The Morgan fingerprint density at radius 1 is 1.07 bits per heavy atom. The maximum atomic E-state index is 12.5. The summed E-state index contributed by atoms with van der Waals surface area (Å²) < 4.78 is 1.57. The molecule has 152 valence electrons. The number of nitrogens with zero attached hydrogens (tertiary/aromatic N) is 3. The molecular formula is C23H29N5O. The van der Waals surface area contributed by atoms with Crippen molar-refractivity contribution in [3.63, 3.8) is 0 Å². The first-order valence-corrected chi connectivity index (χ1v) is 10.2. The highest BCUT2D eigenvalue weighted by molar-refractivity contribution is 5.59. The van der Waals surface area contributed by atoms with Crippen molar-refractivity contribution in [3.05, 3.63) is 76.8 Å². The van der Waals surface area contributed by atoms with Crippen LogP contribution in [0.5, 0.6) is 0 Å². The lowest BCUT2D eigenvalue weighted by atomic mass is 10.0. The molecule has 3 rings (SSSR count). The number of nitrogens with two attached hydrogens (primary N) is 1. The number of aromatic nitrogens is 3. The molecule has 1 unspecified atom stereocenters. The van der Waals surface area contributed by atoms with E-state index in [9.17, 15) is 4.79 Å². The summed E-state index contributed by atoms with van der Waals surface area (Å²) in [5.41, 5.74) is 8.34. The van der Waals surface area contributed by atoms with Crippen molar-refractivity contribution in [2.75, 3.05) is 11.9 Å². The maximum Gasteiger partial charge on any atom is 0.255 e. The molecule has 0 saturated carbocycles. The molecule has 0 aliphatic heterocycles. The molecule has 2 heterocycles. The van der Waals surface area contributed by atoms with Gasteiger partial charge in [-0.15, -0.1) is 0 Å². The summed E-state index contributed by atoms with van der Waals surface area (Å²) in [7, 11) is 1.75. The van der Waals surface area contributed by atoms with Crippen LogP contribution in [0.3, 0.4) is 0 Å². The number of nitrogens with one attached hydrogen (secondary N) is 1. The molecule has 1 aromatic carbocycles.